The summed E-state index contributed by atoms with van der Waals surface area (Å²) >= 11 is 0. The fraction of sp³-hybridized carbons (Fsp3) is 0.625. The van der Waals surface area contributed by atoms with Gasteiger partial charge in [-0.3, -0.25) is 0 Å². The molecule has 3 nitrogen and oxygen atoms in total. The molecule has 2 N–H and O–H groups in total. The van der Waals surface area contributed by atoms with Gasteiger partial charge in [0.1, 0.15) is 0 Å². The molecule has 0 amide bonds. The maximum absolute atomic E-state index is 5.66. The zero-order valence-electron chi connectivity index (χ0n) is 12.1. The minimum atomic E-state index is 0.427. The molecule has 1 aliphatic carbocycles. The molecule has 1 aromatic carbocycles. The highest BCUT2D eigenvalue weighted by molar-refractivity contribution is 5.48. The third-order valence-electron chi connectivity index (χ3n) is 4.22. The molecule has 0 heterocycles. The van der Waals surface area contributed by atoms with Crippen molar-refractivity contribution in [3.63, 3.8) is 0 Å². The van der Waals surface area contributed by atoms with Crippen LogP contribution in [0.2, 0.25) is 0 Å². The Balaban J connectivity index is 2.09. The van der Waals surface area contributed by atoms with Crippen LogP contribution >= 0.6 is 0 Å². The van der Waals surface area contributed by atoms with Gasteiger partial charge in [-0.05, 0) is 50.3 Å². The quantitative estimate of drug-likeness (QED) is 0.886. The highest BCUT2D eigenvalue weighted by atomic mass is 16.5. The highest BCUT2D eigenvalue weighted by Gasteiger charge is 2.26. The van der Waals surface area contributed by atoms with Crippen LogP contribution in [0, 0.1) is 0 Å². The lowest BCUT2D eigenvalue weighted by atomic mass is 9.91. The van der Waals surface area contributed by atoms with Crippen molar-refractivity contribution in [1.29, 1.82) is 0 Å². The lowest BCUT2D eigenvalue weighted by Crippen LogP contribution is -2.40. The van der Waals surface area contributed by atoms with Crippen LogP contribution in [0.3, 0.4) is 0 Å². The Morgan fingerprint density at radius 2 is 2.00 bits per heavy atom. The fourth-order valence-corrected chi connectivity index (χ4v) is 3.09. The smallest absolute Gasteiger partial charge is 0.0591 e. The van der Waals surface area contributed by atoms with Gasteiger partial charge in [0.05, 0.1) is 6.10 Å². The number of methoxy groups -OCH3 is 1. The largest absolute Gasteiger partial charge is 0.381 e. The Morgan fingerprint density at radius 3 is 2.58 bits per heavy atom. The molecule has 106 valence electrons. The number of nitrogens with two attached hydrogens (primary N) is 1. The second kappa shape index (κ2) is 6.92. The minimum Gasteiger partial charge on any atom is -0.381 e. The molecule has 2 rings (SSSR count). The number of hydrogen-bond donors (Lipinski definition) is 1. The molecule has 1 saturated carbocycles. The molecule has 2 atom stereocenters. The molecule has 0 spiro atoms. The van der Waals surface area contributed by atoms with Gasteiger partial charge in [0.15, 0.2) is 0 Å². The number of hydrogen-bond acceptors (Lipinski definition) is 3. The van der Waals surface area contributed by atoms with Crippen molar-refractivity contribution in [3.05, 3.63) is 29.8 Å². The minimum absolute atomic E-state index is 0.427. The van der Waals surface area contributed by atoms with Crippen LogP contribution in [0.5, 0.6) is 0 Å². The first-order chi connectivity index (χ1) is 9.28. The standard InChI is InChI=1S/C16H26N2O/c1-3-18(14-9-7-13(12-17)8-10-14)15-5-4-6-16(11-15)19-2/h7-10,15-16H,3-6,11-12,17H2,1-2H3. The van der Waals surface area contributed by atoms with E-state index in [1.54, 1.807) is 0 Å². The van der Waals surface area contributed by atoms with Gasteiger partial charge in [-0.15, -0.1) is 0 Å². The van der Waals surface area contributed by atoms with Gasteiger partial charge >= 0.3 is 0 Å². The number of benzene rings is 1. The molecule has 0 radical (unpaired) electrons. The Kier molecular flexibility index (Phi) is 5.23. The third kappa shape index (κ3) is 3.48. The monoisotopic (exact) mass is 262 g/mol. The van der Waals surface area contributed by atoms with Crippen LogP contribution < -0.4 is 10.6 Å². The van der Waals surface area contributed by atoms with Crippen LogP contribution in [0.25, 0.3) is 0 Å². The lowest BCUT2D eigenvalue weighted by molar-refractivity contribution is 0.0632. The summed E-state index contributed by atoms with van der Waals surface area (Å²) in [5, 5.41) is 0. The molecular formula is C16H26N2O. The summed E-state index contributed by atoms with van der Waals surface area (Å²) in [4.78, 5) is 2.51. The fourth-order valence-electron chi connectivity index (χ4n) is 3.09. The second-order valence-corrected chi connectivity index (χ2v) is 5.33. The average molecular weight is 262 g/mol. The van der Waals surface area contributed by atoms with E-state index in [9.17, 15) is 0 Å². The summed E-state index contributed by atoms with van der Waals surface area (Å²) in [5.41, 5.74) is 8.16. The summed E-state index contributed by atoms with van der Waals surface area (Å²) < 4.78 is 5.55. The molecule has 3 heteroatoms. The van der Waals surface area contributed by atoms with Crippen molar-refractivity contribution in [2.24, 2.45) is 5.73 Å². The molecule has 0 bridgehead atoms. The lowest BCUT2D eigenvalue weighted by Gasteiger charge is -2.38. The zero-order chi connectivity index (χ0) is 13.7. The van der Waals surface area contributed by atoms with E-state index < -0.39 is 0 Å². The molecule has 0 saturated heterocycles. The van der Waals surface area contributed by atoms with Crippen molar-refractivity contribution < 1.29 is 4.74 Å². The van der Waals surface area contributed by atoms with E-state index >= 15 is 0 Å². The van der Waals surface area contributed by atoms with Gasteiger partial charge in [0, 0.05) is 31.9 Å². The number of ether oxygens (including phenoxy) is 1. The second-order valence-electron chi connectivity index (χ2n) is 5.33. The van der Waals surface area contributed by atoms with Crippen molar-refractivity contribution in [2.45, 2.75) is 51.3 Å². The van der Waals surface area contributed by atoms with E-state index in [1.165, 1.54) is 30.5 Å². The van der Waals surface area contributed by atoms with Crippen molar-refractivity contribution in [1.82, 2.24) is 0 Å². The number of anilines is 1. The maximum Gasteiger partial charge on any atom is 0.0591 e. The Bertz CT molecular complexity index is 377. The molecular weight excluding hydrogens is 236 g/mol. The molecule has 1 aliphatic rings. The first kappa shape index (κ1) is 14.4. The van der Waals surface area contributed by atoms with Crippen molar-refractivity contribution in [3.8, 4) is 0 Å². The van der Waals surface area contributed by atoms with E-state index in [2.05, 4.69) is 36.1 Å². The zero-order valence-corrected chi connectivity index (χ0v) is 12.1. The first-order valence-electron chi connectivity index (χ1n) is 7.37. The normalized spacial score (nSPS) is 23.3. The summed E-state index contributed by atoms with van der Waals surface area (Å²) in [6.07, 6.45) is 5.31. The molecule has 19 heavy (non-hydrogen) atoms. The molecule has 2 unspecified atom stereocenters. The van der Waals surface area contributed by atoms with Gasteiger partial charge in [-0.2, -0.15) is 0 Å². The van der Waals surface area contributed by atoms with Gasteiger partial charge < -0.3 is 15.4 Å². The van der Waals surface area contributed by atoms with Crippen LogP contribution in [-0.2, 0) is 11.3 Å². The van der Waals surface area contributed by atoms with E-state index in [4.69, 9.17) is 10.5 Å². The third-order valence-corrected chi connectivity index (χ3v) is 4.22. The maximum atomic E-state index is 5.66. The predicted molar refractivity (Wildman–Crippen MR) is 80.4 cm³/mol. The predicted octanol–water partition coefficient (Wildman–Crippen LogP) is 2.93. The van der Waals surface area contributed by atoms with E-state index in [0.717, 1.165) is 13.0 Å². The van der Waals surface area contributed by atoms with Gasteiger partial charge in [-0.25, -0.2) is 0 Å². The summed E-state index contributed by atoms with van der Waals surface area (Å²) in [6.45, 7) is 3.89. The van der Waals surface area contributed by atoms with Gasteiger partial charge in [0.25, 0.3) is 0 Å². The van der Waals surface area contributed by atoms with Crippen LogP contribution in [-0.4, -0.2) is 25.8 Å². The molecule has 1 fully saturated rings. The van der Waals surface area contributed by atoms with E-state index in [1.807, 2.05) is 7.11 Å². The van der Waals surface area contributed by atoms with E-state index in [0.29, 0.717) is 18.7 Å². The van der Waals surface area contributed by atoms with Gasteiger partial charge in [0.2, 0.25) is 0 Å². The Hall–Kier alpha value is -1.06. The summed E-state index contributed by atoms with van der Waals surface area (Å²) in [7, 11) is 1.83. The topological polar surface area (TPSA) is 38.5 Å². The van der Waals surface area contributed by atoms with Crippen molar-refractivity contribution in [2.75, 3.05) is 18.6 Å². The number of rotatable bonds is 5. The van der Waals surface area contributed by atoms with Gasteiger partial charge in [-0.1, -0.05) is 12.1 Å². The summed E-state index contributed by atoms with van der Waals surface area (Å²) in [5.74, 6) is 0. The average Bonchev–Trinajstić information content (AvgIpc) is 2.49. The molecule has 0 aromatic heterocycles. The van der Waals surface area contributed by atoms with Crippen LogP contribution in [0.4, 0.5) is 5.69 Å². The Labute approximate surface area is 116 Å². The van der Waals surface area contributed by atoms with E-state index in [-0.39, 0.29) is 0 Å². The highest BCUT2D eigenvalue weighted by Crippen LogP contribution is 2.28. The molecule has 0 aliphatic heterocycles. The SMILES string of the molecule is CCN(c1ccc(CN)cc1)C1CCCC(OC)C1. The van der Waals surface area contributed by atoms with Crippen LogP contribution in [0.15, 0.2) is 24.3 Å². The van der Waals surface area contributed by atoms with Crippen molar-refractivity contribution >= 4 is 5.69 Å². The van der Waals surface area contributed by atoms with Crippen LogP contribution in [0.1, 0.15) is 38.2 Å². The Morgan fingerprint density at radius 1 is 1.26 bits per heavy atom. The molecule has 1 aromatic rings. The first-order valence-corrected chi connectivity index (χ1v) is 7.37. The summed E-state index contributed by atoms with van der Waals surface area (Å²) in [6, 6.07) is 9.26. The number of nitrogens with zero attached hydrogens (tertiary/aromatic N) is 1.